The standard InChI is InChI=1S/C25H36N4O/c1-6-8-11-21(7-2)25(30)29-15-13-28(14-16-29)24-19(4)20(5)26-23(27-24)22-12-9-10-18(3)17-22/h9-10,12,17,21H,6-8,11,13-16H2,1-5H3/t21-/m0/s1. The molecule has 0 radical (unpaired) electrons. The Balaban J connectivity index is 1.74. The van der Waals surface area contributed by atoms with Gasteiger partial charge in [-0.1, -0.05) is 50.5 Å². The second-order valence-corrected chi connectivity index (χ2v) is 8.51. The summed E-state index contributed by atoms with van der Waals surface area (Å²) in [6.07, 6.45) is 4.22. The molecule has 1 atom stereocenters. The molecular formula is C25H36N4O. The molecule has 0 bridgehead atoms. The van der Waals surface area contributed by atoms with E-state index in [4.69, 9.17) is 9.97 Å². The minimum Gasteiger partial charge on any atom is -0.353 e. The van der Waals surface area contributed by atoms with Crippen LogP contribution in [0.15, 0.2) is 24.3 Å². The second-order valence-electron chi connectivity index (χ2n) is 8.51. The number of anilines is 1. The average Bonchev–Trinajstić information content (AvgIpc) is 2.76. The van der Waals surface area contributed by atoms with Gasteiger partial charge in [-0.15, -0.1) is 0 Å². The first-order valence-corrected chi connectivity index (χ1v) is 11.4. The summed E-state index contributed by atoms with van der Waals surface area (Å²) < 4.78 is 0. The van der Waals surface area contributed by atoms with Crippen LogP contribution in [0.2, 0.25) is 0 Å². The van der Waals surface area contributed by atoms with E-state index in [1.54, 1.807) is 0 Å². The van der Waals surface area contributed by atoms with Gasteiger partial charge in [0, 0.05) is 48.9 Å². The predicted octanol–water partition coefficient (Wildman–Crippen LogP) is 4.93. The number of hydrogen-bond acceptors (Lipinski definition) is 4. The monoisotopic (exact) mass is 408 g/mol. The van der Waals surface area contributed by atoms with Crippen LogP contribution in [0.1, 0.15) is 56.4 Å². The lowest BCUT2D eigenvalue weighted by atomic mass is 9.97. The molecule has 3 rings (SSSR count). The van der Waals surface area contributed by atoms with E-state index in [1.807, 2.05) is 0 Å². The van der Waals surface area contributed by atoms with Crippen LogP contribution in [0.25, 0.3) is 11.4 Å². The lowest BCUT2D eigenvalue weighted by molar-refractivity contribution is -0.136. The van der Waals surface area contributed by atoms with Crippen LogP contribution in [-0.2, 0) is 4.79 Å². The summed E-state index contributed by atoms with van der Waals surface area (Å²) >= 11 is 0. The Bertz CT molecular complexity index is 871. The van der Waals surface area contributed by atoms with Gasteiger partial charge in [0.05, 0.1) is 0 Å². The maximum absolute atomic E-state index is 13.0. The van der Waals surface area contributed by atoms with Gasteiger partial charge in [-0.3, -0.25) is 4.79 Å². The van der Waals surface area contributed by atoms with Gasteiger partial charge >= 0.3 is 0 Å². The number of aromatic nitrogens is 2. The smallest absolute Gasteiger partial charge is 0.225 e. The van der Waals surface area contributed by atoms with Gasteiger partial charge in [-0.25, -0.2) is 9.97 Å². The van der Waals surface area contributed by atoms with Crippen LogP contribution in [0.4, 0.5) is 5.82 Å². The van der Waals surface area contributed by atoms with E-state index in [-0.39, 0.29) is 5.92 Å². The van der Waals surface area contributed by atoms with Gasteiger partial charge in [0.25, 0.3) is 0 Å². The third kappa shape index (κ3) is 5.00. The summed E-state index contributed by atoms with van der Waals surface area (Å²) in [7, 11) is 0. The summed E-state index contributed by atoms with van der Waals surface area (Å²) in [5.74, 6) is 2.29. The number of benzene rings is 1. The molecule has 0 N–H and O–H groups in total. The SMILES string of the molecule is CCCC[C@H](CC)C(=O)N1CCN(c2nc(-c3cccc(C)c3)nc(C)c2C)CC1. The van der Waals surface area contributed by atoms with Crippen LogP contribution >= 0.6 is 0 Å². The highest BCUT2D eigenvalue weighted by Gasteiger charge is 2.27. The largest absolute Gasteiger partial charge is 0.353 e. The summed E-state index contributed by atoms with van der Waals surface area (Å²) in [5.41, 5.74) is 4.40. The Morgan fingerprint density at radius 3 is 2.43 bits per heavy atom. The van der Waals surface area contributed by atoms with Crippen LogP contribution in [0.3, 0.4) is 0 Å². The lowest BCUT2D eigenvalue weighted by Crippen LogP contribution is -2.50. The molecule has 30 heavy (non-hydrogen) atoms. The van der Waals surface area contributed by atoms with Crippen molar-refractivity contribution in [3.8, 4) is 11.4 Å². The molecule has 2 aromatic rings. The van der Waals surface area contributed by atoms with Gasteiger partial charge in [0.2, 0.25) is 5.91 Å². The molecule has 0 spiro atoms. The number of piperazine rings is 1. The highest BCUT2D eigenvalue weighted by molar-refractivity contribution is 5.79. The molecule has 0 aliphatic carbocycles. The van der Waals surface area contributed by atoms with E-state index >= 15 is 0 Å². The summed E-state index contributed by atoms with van der Waals surface area (Å²) in [5, 5.41) is 0. The molecule has 1 saturated heterocycles. The number of carbonyl (C=O) groups is 1. The van der Waals surface area contributed by atoms with Gasteiger partial charge in [-0.2, -0.15) is 0 Å². The van der Waals surface area contributed by atoms with Crippen molar-refractivity contribution in [2.45, 2.75) is 60.3 Å². The second kappa shape index (κ2) is 10.1. The quantitative estimate of drug-likeness (QED) is 0.651. The number of rotatable bonds is 7. The van der Waals surface area contributed by atoms with E-state index in [2.05, 4.69) is 68.7 Å². The normalized spacial score (nSPS) is 15.4. The van der Waals surface area contributed by atoms with E-state index in [9.17, 15) is 4.79 Å². The first-order chi connectivity index (χ1) is 14.4. The summed E-state index contributed by atoms with van der Waals surface area (Å²) in [4.78, 5) is 27.0. The van der Waals surface area contributed by atoms with E-state index in [0.29, 0.717) is 5.91 Å². The Labute approximate surface area is 181 Å². The number of amides is 1. The van der Waals surface area contributed by atoms with E-state index < -0.39 is 0 Å². The molecule has 162 valence electrons. The van der Waals surface area contributed by atoms with Crippen molar-refractivity contribution < 1.29 is 4.79 Å². The van der Waals surface area contributed by atoms with E-state index in [1.165, 1.54) is 5.56 Å². The van der Waals surface area contributed by atoms with Crippen molar-refractivity contribution in [1.82, 2.24) is 14.9 Å². The average molecular weight is 409 g/mol. The predicted molar refractivity (Wildman–Crippen MR) is 124 cm³/mol. The molecule has 0 saturated carbocycles. The van der Waals surface area contributed by atoms with Crippen LogP contribution in [0.5, 0.6) is 0 Å². The number of aryl methyl sites for hydroxylation is 2. The molecular weight excluding hydrogens is 372 g/mol. The molecule has 5 nitrogen and oxygen atoms in total. The topological polar surface area (TPSA) is 49.3 Å². The van der Waals surface area contributed by atoms with Gasteiger partial charge in [-0.05, 0) is 39.7 Å². The Morgan fingerprint density at radius 2 is 1.80 bits per heavy atom. The Morgan fingerprint density at radius 1 is 1.07 bits per heavy atom. The first-order valence-electron chi connectivity index (χ1n) is 11.4. The van der Waals surface area contributed by atoms with Gasteiger partial charge in [0.15, 0.2) is 5.82 Å². The zero-order chi connectivity index (χ0) is 21.7. The molecule has 2 heterocycles. The number of unbranched alkanes of at least 4 members (excludes halogenated alkanes) is 1. The minimum absolute atomic E-state index is 0.174. The zero-order valence-electron chi connectivity index (χ0n) is 19.2. The van der Waals surface area contributed by atoms with Crippen LogP contribution in [0, 0.1) is 26.7 Å². The summed E-state index contributed by atoms with van der Waals surface area (Å²) in [6, 6.07) is 8.34. The minimum atomic E-state index is 0.174. The Hall–Kier alpha value is -2.43. The fourth-order valence-corrected chi connectivity index (χ4v) is 4.18. The van der Waals surface area contributed by atoms with Crippen molar-refractivity contribution >= 4 is 11.7 Å². The molecule has 1 amide bonds. The first kappa shape index (κ1) is 22.3. The molecule has 0 unspecified atom stereocenters. The van der Waals surface area contributed by atoms with Crippen LogP contribution < -0.4 is 4.90 Å². The number of carbonyl (C=O) groups excluding carboxylic acids is 1. The summed E-state index contributed by atoms with van der Waals surface area (Å²) in [6.45, 7) is 13.7. The van der Waals surface area contributed by atoms with Gasteiger partial charge < -0.3 is 9.80 Å². The molecule has 5 heteroatoms. The molecule has 1 fully saturated rings. The zero-order valence-corrected chi connectivity index (χ0v) is 19.2. The maximum Gasteiger partial charge on any atom is 0.225 e. The third-order valence-corrected chi connectivity index (χ3v) is 6.28. The third-order valence-electron chi connectivity index (χ3n) is 6.28. The lowest BCUT2D eigenvalue weighted by Gasteiger charge is -2.37. The van der Waals surface area contributed by atoms with E-state index in [0.717, 1.165) is 80.3 Å². The molecule has 1 aromatic carbocycles. The Kier molecular flexibility index (Phi) is 7.46. The van der Waals surface area contributed by atoms with Crippen molar-refractivity contribution in [2.75, 3.05) is 31.1 Å². The molecule has 1 aromatic heterocycles. The maximum atomic E-state index is 13.0. The number of nitrogens with zero attached hydrogens (tertiary/aromatic N) is 4. The fourth-order valence-electron chi connectivity index (χ4n) is 4.18. The molecule has 1 aliphatic rings. The van der Waals surface area contributed by atoms with Crippen molar-refractivity contribution in [3.05, 3.63) is 41.1 Å². The van der Waals surface area contributed by atoms with Crippen molar-refractivity contribution in [1.29, 1.82) is 0 Å². The highest BCUT2D eigenvalue weighted by atomic mass is 16.2. The van der Waals surface area contributed by atoms with Crippen LogP contribution in [-0.4, -0.2) is 47.0 Å². The van der Waals surface area contributed by atoms with Crippen molar-refractivity contribution in [3.63, 3.8) is 0 Å². The number of hydrogen-bond donors (Lipinski definition) is 0. The fraction of sp³-hybridized carbons (Fsp3) is 0.560. The van der Waals surface area contributed by atoms with Crippen molar-refractivity contribution in [2.24, 2.45) is 5.92 Å². The highest BCUT2D eigenvalue weighted by Crippen LogP contribution is 2.26. The molecule has 1 aliphatic heterocycles. The van der Waals surface area contributed by atoms with Gasteiger partial charge in [0.1, 0.15) is 5.82 Å².